The zero-order valence-corrected chi connectivity index (χ0v) is 11.3. The lowest BCUT2D eigenvalue weighted by atomic mass is 10.1. The molecule has 0 saturated carbocycles. The van der Waals surface area contributed by atoms with E-state index in [4.69, 9.17) is 5.11 Å². The molecule has 114 valence electrons. The van der Waals surface area contributed by atoms with Crippen molar-refractivity contribution in [2.45, 2.75) is 6.42 Å². The fraction of sp³-hybridized carbons (Fsp3) is 0.286. The van der Waals surface area contributed by atoms with Crippen LogP contribution in [0.4, 0.5) is 13.6 Å². The van der Waals surface area contributed by atoms with Gasteiger partial charge in [0.05, 0.1) is 0 Å². The number of halogens is 2. The minimum absolute atomic E-state index is 0.0900. The van der Waals surface area contributed by atoms with Crippen LogP contribution in [-0.2, 0) is 11.2 Å². The summed E-state index contributed by atoms with van der Waals surface area (Å²) in [5, 5.41) is 11.2. The zero-order chi connectivity index (χ0) is 15.8. The lowest BCUT2D eigenvalue weighted by molar-refractivity contribution is -0.137. The maximum absolute atomic E-state index is 13.0. The van der Waals surface area contributed by atoms with Gasteiger partial charge in [0, 0.05) is 19.2 Å². The van der Waals surface area contributed by atoms with Crippen molar-refractivity contribution < 1.29 is 23.5 Å². The molecule has 0 heterocycles. The van der Waals surface area contributed by atoms with Crippen molar-refractivity contribution in [1.29, 1.82) is 0 Å². The van der Waals surface area contributed by atoms with Crippen molar-refractivity contribution in [3.63, 3.8) is 0 Å². The molecule has 0 bridgehead atoms. The van der Waals surface area contributed by atoms with Gasteiger partial charge >= 0.3 is 12.0 Å². The van der Waals surface area contributed by atoms with Gasteiger partial charge in [0.15, 0.2) is 0 Å². The van der Waals surface area contributed by atoms with Crippen LogP contribution in [0.15, 0.2) is 30.9 Å². The average molecular weight is 298 g/mol. The molecule has 0 radical (unpaired) electrons. The maximum atomic E-state index is 13.0. The van der Waals surface area contributed by atoms with Gasteiger partial charge in [-0.3, -0.25) is 4.79 Å². The summed E-state index contributed by atoms with van der Waals surface area (Å²) in [6, 6.07) is 2.54. The van der Waals surface area contributed by atoms with E-state index in [-0.39, 0.29) is 19.5 Å². The van der Waals surface area contributed by atoms with Crippen LogP contribution in [0.1, 0.15) is 5.56 Å². The number of carbonyl (C=O) groups is 2. The third kappa shape index (κ3) is 6.03. The van der Waals surface area contributed by atoms with Gasteiger partial charge in [-0.25, -0.2) is 13.6 Å². The summed E-state index contributed by atoms with van der Waals surface area (Å²) in [6.45, 7) is 3.21. The van der Waals surface area contributed by atoms with Crippen molar-refractivity contribution in [1.82, 2.24) is 10.2 Å². The molecular weight excluding hydrogens is 282 g/mol. The number of hydrogen-bond acceptors (Lipinski definition) is 2. The predicted molar refractivity (Wildman–Crippen MR) is 72.9 cm³/mol. The number of aliphatic carboxylic acids is 1. The second-order valence-electron chi connectivity index (χ2n) is 4.32. The SMILES string of the molecule is C=CCN(CC(=O)O)C(=O)NCCc1cc(F)cc(F)c1. The first-order chi connectivity index (χ1) is 9.92. The monoisotopic (exact) mass is 298 g/mol. The minimum atomic E-state index is -1.14. The lowest BCUT2D eigenvalue weighted by Crippen LogP contribution is -2.43. The highest BCUT2D eigenvalue weighted by atomic mass is 19.1. The molecule has 1 rings (SSSR count). The number of nitrogens with zero attached hydrogens (tertiary/aromatic N) is 1. The van der Waals surface area contributed by atoms with Crippen LogP contribution in [0.3, 0.4) is 0 Å². The van der Waals surface area contributed by atoms with Gasteiger partial charge in [-0.2, -0.15) is 0 Å². The number of amides is 2. The van der Waals surface area contributed by atoms with E-state index in [0.29, 0.717) is 5.56 Å². The largest absolute Gasteiger partial charge is 0.480 e. The number of nitrogens with one attached hydrogen (secondary N) is 1. The predicted octanol–water partition coefficient (Wildman–Crippen LogP) is 1.79. The number of carboxylic acids is 1. The van der Waals surface area contributed by atoms with E-state index in [9.17, 15) is 18.4 Å². The highest BCUT2D eigenvalue weighted by molar-refractivity contribution is 5.80. The first kappa shape index (κ1) is 16.6. The topological polar surface area (TPSA) is 69.6 Å². The highest BCUT2D eigenvalue weighted by Crippen LogP contribution is 2.08. The first-order valence-electron chi connectivity index (χ1n) is 6.23. The van der Waals surface area contributed by atoms with E-state index in [1.54, 1.807) is 0 Å². The van der Waals surface area contributed by atoms with Crippen LogP contribution in [-0.4, -0.2) is 41.6 Å². The van der Waals surface area contributed by atoms with E-state index >= 15 is 0 Å². The molecule has 2 amide bonds. The summed E-state index contributed by atoms with van der Waals surface area (Å²) in [7, 11) is 0. The smallest absolute Gasteiger partial charge is 0.323 e. The average Bonchev–Trinajstić information content (AvgIpc) is 2.36. The molecular formula is C14H16F2N2O3. The van der Waals surface area contributed by atoms with E-state index < -0.39 is 30.2 Å². The molecule has 7 heteroatoms. The van der Waals surface area contributed by atoms with Gasteiger partial charge in [0.1, 0.15) is 18.2 Å². The molecule has 0 unspecified atom stereocenters. The Morgan fingerprint density at radius 3 is 2.43 bits per heavy atom. The molecule has 0 atom stereocenters. The number of benzene rings is 1. The fourth-order valence-corrected chi connectivity index (χ4v) is 1.72. The third-order valence-corrected chi connectivity index (χ3v) is 2.58. The zero-order valence-electron chi connectivity index (χ0n) is 11.3. The van der Waals surface area contributed by atoms with Gasteiger partial charge < -0.3 is 15.3 Å². The number of rotatable bonds is 7. The normalized spacial score (nSPS) is 10.0. The molecule has 0 aliphatic carbocycles. The summed E-state index contributed by atoms with van der Waals surface area (Å²) in [6.07, 6.45) is 1.64. The fourth-order valence-electron chi connectivity index (χ4n) is 1.72. The number of carboxylic acid groups (broad SMARTS) is 1. The van der Waals surface area contributed by atoms with E-state index in [1.807, 2.05) is 0 Å². The number of urea groups is 1. The Bertz CT molecular complexity index is 515. The van der Waals surface area contributed by atoms with Crippen molar-refractivity contribution in [3.8, 4) is 0 Å². The molecule has 0 spiro atoms. The van der Waals surface area contributed by atoms with Crippen molar-refractivity contribution in [2.24, 2.45) is 0 Å². The summed E-state index contributed by atoms with van der Waals surface area (Å²) in [5.74, 6) is -2.51. The lowest BCUT2D eigenvalue weighted by Gasteiger charge is -2.19. The molecule has 21 heavy (non-hydrogen) atoms. The molecule has 2 N–H and O–H groups in total. The maximum Gasteiger partial charge on any atom is 0.323 e. The van der Waals surface area contributed by atoms with Crippen LogP contribution in [0.2, 0.25) is 0 Å². The molecule has 1 aromatic rings. The second-order valence-corrected chi connectivity index (χ2v) is 4.32. The van der Waals surface area contributed by atoms with E-state index in [1.165, 1.54) is 18.2 Å². The van der Waals surface area contributed by atoms with E-state index in [0.717, 1.165) is 11.0 Å². The second kappa shape index (κ2) is 7.98. The third-order valence-electron chi connectivity index (χ3n) is 2.58. The summed E-state index contributed by atoms with van der Waals surface area (Å²) in [4.78, 5) is 23.4. The molecule has 0 aromatic heterocycles. The number of hydrogen-bond donors (Lipinski definition) is 2. The molecule has 0 saturated heterocycles. The Balaban J connectivity index is 2.50. The molecule has 0 aliphatic heterocycles. The Labute approximate surface area is 120 Å². The molecule has 1 aromatic carbocycles. The Kier molecular flexibility index (Phi) is 6.32. The van der Waals surface area contributed by atoms with Gasteiger partial charge in [0.2, 0.25) is 0 Å². The molecule has 5 nitrogen and oxygen atoms in total. The first-order valence-corrected chi connectivity index (χ1v) is 6.23. The number of carbonyl (C=O) groups excluding carboxylic acids is 1. The van der Waals surface area contributed by atoms with Crippen LogP contribution in [0.25, 0.3) is 0 Å². The van der Waals surface area contributed by atoms with Crippen LogP contribution >= 0.6 is 0 Å². The van der Waals surface area contributed by atoms with Crippen molar-refractivity contribution in [3.05, 3.63) is 48.1 Å². The summed E-state index contributed by atoms with van der Waals surface area (Å²) >= 11 is 0. The standard InChI is InChI=1S/C14H16F2N2O3/c1-2-5-18(9-13(19)20)14(21)17-4-3-10-6-11(15)8-12(16)7-10/h2,6-8H,1,3-5,9H2,(H,17,21)(H,19,20). The molecule has 0 fully saturated rings. The molecule has 0 aliphatic rings. The highest BCUT2D eigenvalue weighted by Gasteiger charge is 2.14. The van der Waals surface area contributed by atoms with Crippen molar-refractivity contribution in [2.75, 3.05) is 19.6 Å². The van der Waals surface area contributed by atoms with E-state index in [2.05, 4.69) is 11.9 Å². The van der Waals surface area contributed by atoms with Gasteiger partial charge in [-0.1, -0.05) is 6.08 Å². The quantitative estimate of drug-likeness (QED) is 0.754. The van der Waals surface area contributed by atoms with Crippen LogP contribution in [0, 0.1) is 11.6 Å². The van der Waals surface area contributed by atoms with Gasteiger partial charge in [0.25, 0.3) is 0 Å². The minimum Gasteiger partial charge on any atom is -0.480 e. The summed E-state index contributed by atoms with van der Waals surface area (Å²) in [5.41, 5.74) is 0.404. The van der Waals surface area contributed by atoms with Crippen molar-refractivity contribution >= 4 is 12.0 Å². The van der Waals surface area contributed by atoms with Gasteiger partial charge in [-0.05, 0) is 24.1 Å². The van der Waals surface area contributed by atoms with Crippen LogP contribution < -0.4 is 5.32 Å². The van der Waals surface area contributed by atoms with Gasteiger partial charge in [-0.15, -0.1) is 6.58 Å². The summed E-state index contributed by atoms with van der Waals surface area (Å²) < 4.78 is 25.9. The van der Waals surface area contributed by atoms with Crippen LogP contribution in [0.5, 0.6) is 0 Å². The Hall–Kier alpha value is -2.44. The Morgan fingerprint density at radius 1 is 1.29 bits per heavy atom. The Morgan fingerprint density at radius 2 is 1.90 bits per heavy atom.